The summed E-state index contributed by atoms with van der Waals surface area (Å²) < 4.78 is 8.69. The Morgan fingerprint density at radius 2 is 1.41 bits per heavy atom. The molecule has 8 rings (SSSR count). The lowest BCUT2D eigenvalue weighted by Crippen LogP contribution is -2.32. The van der Waals surface area contributed by atoms with E-state index in [0.29, 0.717) is 0 Å². The smallest absolute Gasteiger partial charge is 0.216 e. The molecule has 2 aliphatic rings. The molecule has 6 aromatic rings. The average Bonchev–Trinajstić information content (AvgIpc) is 3.67. The fourth-order valence-electron chi connectivity index (χ4n) is 7.27. The summed E-state index contributed by atoms with van der Waals surface area (Å²) >= 11 is 0. The van der Waals surface area contributed by atoms with Crippen molar-refractivity contribution in [2.45, 2.75) is 44.4 Å². The zero-order valence-corrected chi connectivity index (χ0v) is 23.0. The van der Waals surface area contributed by atoms with Gasteiger partial charge in [0, 0.05) is 33.7 Å². The van der Waals surface area contributed by atoms with Gasteiger partial charge in [-0.15, -0.1) is 0 Å². The van der Waals surface area contributed by atoms with E-state index in [2.05, 4.69) is 124 Å². The molecule has 2 aromatic heterocycles. The Morgan fingerprint density at radius 3 is 2.23 bits per heavy atom. The number of nitrogens with zero attached hydrogens (tertiary/aromatic N) is 1. The van der Waals surface area contributed by atoms with Crippen molar-refractivity contribution < 1.29 is 8.98 Å². The number of hydrogen-bond acceptors (Lipinski definition) is 1. The van der Waals surface area contributed by atoms with Crippen molar-refractivity contribution in [3.8, 4) is 22.4 Å². The van der Waals surface area contributed by atoms with Crippen molar-refractivity contribution in [3.05, 3.63) is 125 Å². The second-order valence-electron chi connectivity index (χ2n) is 12.2. The Labute approximate surface area is 229 Å². The average molecular weight is 507 g/mol. The lowest BCUT2D eigenvalue weighted by Gasteiger charge is -2.40. The van der Waals surface area contributed by atoms with E-state index in [1.54, 1.807) is 0 Å². The van der Waals surface area contributed by atoms with E-state index in [1.807, 2.05) is 6.07 Å². The van der Waals surface area contributed by atoms with Gasteiger partial charge in [-0.25, -0.2) is 4.57 Å². The molecular formula is C37H32NO+. The Hall–Kier alpha value is -4.17. The molecule has 0 amide bonds. The molecule has 0 saturated heterocycles. The van der Waals surface area contributed by atoms with Gasteiger partial charge in [-0.2, -0.15) is 0 Å². The van der Waals surface area contributed by atoms with Crippen LogP contribution >= 0.6 is 0 Å². The molecule has 2 nitrogen and oxygen atoms in total. The van der Waals surface area contributed by atoms with Crippen molar-refractivity contribution in [2.24, 2.45) is 7.05 Å². The van der Waals surface area contributed by atoms with Crippen LogP contribution < -0.4 is 4.57 Å². The summed E-state index contributed by atoms with van der Waals surface area (Å²) in [5.74, 6) is 0. The van der Waals surface area contributed by atoms with Crippen LogP contribution in [0.4, 0.5) is 0 Å². The summed E-state index contributed by atoms with van der Waals surface area (Å²) in [5, 5.41) is 2.34. The van der Waals surface area contributed by atoms with Crippen molar-refractivity contribution >= 4 is 21.9 Å². The number of rotatable bonds is 2. The summed E-state index contributed by atoms with van der Waals surface area (Å²) in [6.45, 7) is 6.96. The second-order valence-corrected chi connectivity index (χ2v) is 12.2. The second kappa shape index (κ2) is 7.70. The van der Waals surface area contributed by atoms with Gasteiger partial charge in [-0.3, -0.25) is 0 Å². The van der Waals surface area contributed by atoms with Crippen LogP contribution in [0, 0.1) is 6.92 Å². The predicted molar refractivity (Wildman–Crippen MR) is 159 cm³/mol. The zero-order chi connectivity index (χ0) is 26.5. The van der Waals surface area contributed by atoms with Gasteiger partial charge in [-0.1, -0.05) is 80.6 Å². The highest BCUT2D eigenvalue weighted by Gasteiger charge is 2.53. The highest BCUT2D eigenvalue weighted by molar-refractivity contribution is 6.09. The van der Waals surface area contributed by atoms with E-state index >= 15 is 0 Å². The van der Waals surface area contributed by atoms with Gasteiger partial charge in [0.05, 0.1) is 5.56 Å². The number of pyridine rings is 1. The first-order chi connectivity index (χ1) is 18.9. The molecule has 1 spiro atoms. The van der Waals surface area contributed by atoms with Crippen molar-refractivity contribution in [1.29, 1.82) is 0 Å². The topological polar surface area (TPSA) is 17.0 Å². The van der Waals surface area contributed by atoms with Crippen LogP contribution in [-0.2, 0) is 17.9 Å². The molecule has 2 heterocycles. The van der Waals surface area contributed by atoms with Crippen LogP contribution in [0.5, 0.6) is 0 Å². The number of furan rings is 1. The van der Waals surface area contributed by atoms with Crippen molar-refractivity contribution in [3.63, 3.8) is 0 Å². The first-order valence-electron chi connectivity index (χ1n) is 14.0. The monoisotopic (exact) mass is 506 g/mol. The molecule has 1 fully saturated rings. The van der Waals surface area contributed by atoms with E-state index in [-0.39, 0.29) is 10.8 Å². The van der Waals surface area contributed by atoms with Crippen molar-refractivity contribution in [1.82, 2.24) is 0 Å². The van der Waals surface area contributed by atoms with Gasteiger partial charge in [0.15, 0.2) is 6.20 Å². The highest BCUT2D eigenvalue weighted by Crippen LogP contribution is 2.62. The fraction of sp³-hybridized carbons (Fsp3) is 0.216. The van der Waals surface area contributed by atoms with E-state index in [9.17, 15) is 0 Å². The standard InChI is InChI=1S/C37H32NO/c1-23-13-15-27-26-9-5-8-12-33(26)39-35(27)34(23)32-22-25(17-20-38(32)4)24-14-16-29-31(21-24)37(18-19-37)30-11-7-6-10-28(30)36(29,2)3/h5-17,20-22H,18-19H2,1-4H3/q+1. The van der Waals surface area contributed by atoms with Gasteiger partial charge in [-0.05, 0) is 70.8 Å². The van der Waals surface area contributed by atoms with E-state index in [1.165, 1.54) is 73.8 Å². The molecule has 190 valence electrons. The molecule has 0 bridgehead atoms. The van der Waals surface area contributed by atoms with Gasteiger partial charge in [0.25, 0.3) is 0 Å². The molecule has 1 saturated carbocycles. The summed E-state index contributed by atoms with van der Waals surface area (Å²) in [7, 11) is 2.13. The molecule has 0 atom stereocenters. The number of aromatic nitrogens is 1. The van der Waals surface area contributed by atoms with Gasteiger partial charge in [0.2, 0.25) is 5.69 Å². The number of para-hydroxylation sites is 1. The number of aryl methyl sites for hydroxylation is 2. The van der Waals surface area contributed by atoms with Crippen LogP contribution in [0.25, 0.3) is 44.3 Å². The molecule has 2 aliphatic carbocycles. The van der Waals surface area contributed by atoms with Gasteiger partial charge in [0.1, 0.15) is 18.2 Å². The molecule has 0 unspecified atom stereocenters. The van der Waals surface area contributed by atoms with Gasteiger partial charge >= 0.3 is 0 Å². The molecule has 0 N–H and O–H groups in total. The lowest BCUT2D eigenvalue weighted by molar-refractivity contribution is -0.660. The highest BCUT2D eigenvalue weighted by atomic mass is 16.3. The Balaban J connectivity index is 1.32. The number of hydrogen-bond donors (Lipinski definition) is 0. The SMILES string of the molecule is Cc1ccc2c(oc3ccccc32)c1-c1cc(-c2ccc3c(c2)C2(CC2)c2ccccc2C3(C)C)cc[n+]1C. The first kappa shape index (κ1) is 22.8. The van der Waals surface area contributed by atoms with Crippen LogP contribution in [0.15, 0.2) is 102 Å². The molecule has 2 heteroatoms. The largest absolute Gasteiger partial charge is 0.455 e. The number of benzene rings is 4. The van der Waals surface area contributed by atoms with Crippen LogP contribution in [0.2, 0.25) is 0 Å². The minimum Gasteiger partial charge on any atom is -0.455 e. The third kappa shape index (κ3) is 3.06. The molecular weight excluding hydrogens is 474 g/mol. The first-order valence-corrected chi connectivity index (χ1v) is 14.0. The summed E-state index contributed by atoms with van der Waals surface area (Å²) in [4.78, 5) is 0. The molecule has 0 radical (unpaired) electrons. The molecule has 39 heavy (non-hydrogen) atoms. The van der Waals surface area contributed by atoms with Crippen LogP contribution in [-0.4, -0.2) is 0 Å². The van der Waals surface area contributed by atoms with Gasteiger partial charge < -0.3 is 4.42 Å². The van der Waals surface area contributed by atoms with E-state index in [4.69, 9.17) is 4.42 Å². The normalized spacial score (nSPS) is 16.4. The fourth-order valence-corrected chi connectivity index (χ4v) is 7.27. The van der Waals surface area contributed by atoms with Crippen molar-refractivity contribution in [2.75, 3.05) is 0 Å². The lowest BCUT2D eigenvalue weighted by atomic mass is 9.63. The summed E-state index contributed by atoms with van der Waals surface area (Å²) in [5.41, 5.74) is 14.2. The molecule has 0 aliphatic heterocycles. The third-order valence-electron chi connectivity index (χ3n) is 9.57. The molecule has 4 aromatic carbocycles. The Kier molecular flexibility index (Phi) is 4.50. The third-order valence-corrected chi connectivity index (χ3v) is 9.57. The maximum absolute atomic E-state index is 6.47. The maximum atomic E-state index is 6.47. The zero-order valence-electron chi connectivity index (χ0n) is 23.0. The predicted octanol–water partition coefficient (Wildman–Crippen LogP) is 8.77. The Morgan fingerprint density at radius 1 is 0.692 bits per heavy atom. The van der Waals surface area contributed by atoms with E-state index in [0.717, 1.165) is 11.2 Å². The maximum Gasteiger partial charge on any atom is 0.216 e. The quantitative estimate of drug-likeness (QED) is 0.215. The minimum atomic E-state index is 0.000629. The van der Waals surface area contributed by atoms with Crippen LogP contribution in [0.3, 0.4) is 0 Å². The summed E-state index contributed by atoms with van der Waals surface area (Å²) in [6, 6.07) is 33.7. The Bertz CT molecular complexity index is 1970. The van der Waals surface area contributed by atoms with E-state index < -0.39 is 0 Å². The summed E-state index contributed by atoms with van der Waals surface area (Å²) in [6.07, 6.45) is 4.66. The minimum absolute atomic E-state index is 0.000629. The van der Waals surface area contributed by atoms with Crippen LogP contribution in [0.1, 0.15) is 54.5 Å². The number of fused-ring (bicyclic) bond motifs is 7.